The summed E-state index contributed by atoms with van der Waals surface area (Å²) >= 11 is 0. The molecule has 2 amide bonds. The summed E-state index contributed by atoms with van der Waals surface area (Å²) in [5, 5.41) is 14.5. The SMILES string of the molecule is COC(CCNC(=O)C(CC(C)(C)C)NC(=O)OCC1c2ccccc2-c2ccccc21)C(=O)O. The highest BCUT2D eigenvalue weighted by Gasteiger charge is 2.31. The fourth-order valence-electron chi connectivity index (χ4n) is 4.40. The zero-order valence-corrected chi connectivity index (χ0v) is 20.7. The van der Waals surface area contributed by atoms with Gasteiger partial charge in [-0.2, -0.15) is 0 Å². The molecule has 0 spiro atoms. The molecule has 2 aromatic carbocycles. The molecule has 0 saturated heterocycles. The van der Waals surface area contributed by atoms with Crippen LogP contribution in [0.25, 0.3) is 11.1 Å². The number of amides is 2. The number of nitrogens with one attached hydrogen (secondary N) is 2. The van der Waals surface area contributed by atoms with Gasteiger partial charge in [-0.25, -0.2) is 9.59 Å². The second kappa shape index (κ2) is 11.4. The normalized spacial score (nSPS) is 14.4. The monoisotopic (exact) mass is 482 g/mol. The van der Waals surface area contributed by atoms with Gasteiger partial charge in [0.25, 0.3) is 0 Å². The summed E-state index contributed by atoms with van der Waals surface area (Å²) < 4.78 is 10.5. The number of hydrogen-bond acceptors (Lipinski definition) is 5. The molecule has 0 bridgehead atoms. The molecule has 2 aromatic rings. The molecule has 0 radical (unpaired) electrons. The molecule has 2 unspecified atom stereocenters. The van der Waals surface area contributed by atoms with Crippen LogP contribution in [0.4, 0.5) is 4.79 Å². The van der Waals surface area contributed by atoms with Crippen molar-refractivity contribution in [2.75, 3.05) is 20.3 Å². The van der Waals surface area contributed by atoms with E-state index in [-0.39, 0.29) is 30.9 Å². The van der Waals surface area contributed by atoms with Crippen LogP contribution >= 0.6 is 0 Å². The minimum Gasteiger partial charge on any atom is -0.479 e. The minimum atomic E-state index is -1.09. The van der Waals surface area contributed by atoms with Gasteiger partial charge in [-0.05, 0) is 34.1 Å². The molecule has 8 heteroatoms. The molecule has 8 nitrogen and oxygen atoms in total. The highest BCUT2D eigenvalue weighted by Crippen LogP contribution is 2.44. The second-order valence-corrected chi connectivity index (χ2v) is 9.93. The molecule has 0 saturated carbocycles. The molecule has 3 N–H and O–H groups in total. The molecule has 188 valence electrons. The predicted octanol–water partition coefficient (Wildman–Crippen LogP) is 3.94. The van der Waals surface area contributed by atoms with Crippen molar-refractivity contribution in [3.05, 3.63) is 59.7 Å². The molecule has 0 aromatic heterocycles. The number of hydrogen-bond donors (Lipinski definition) is 3. The Morgan fingerprint density at radius 1 is 1.00 bits per heavy atom. The molecule has 0 aliphatic heterocycles. The van der Waals surface area contributed by atoms with E-state index in [1.165, 1.54) is 7.11 Å². The van der Waals surface area contributed by atoms with Crippen molar-refractivity contribution in [2.24, 2.45) is 5.41 Å². The average molecular weight is 483 g/mol. The van der Waals surface area contributed by atoms with E-state index in [1.54, 1.807) is 0 Å². The van der Waals surface area contributed by atoms with Crippen LogP contribution < -0.4 is 10.6 Å². The van der Waals surface area contributed by atoms with E-state index in [9.17, 15) is 14.4 Å². The maximum atomic E-state index is 12.8. The van der Waals surface area contributed by atoms with E-state index in [0.29, 0.717) is 6.42 Å². The number of carboxylic acids is 1. The highest BCUT2D eigenvalue weighted by molar-refractivity contribution is 5.86. The van der Waals surface area contributed by atoms with Crippen molar-refractivity contribution in [3.8, 4) is 11.1 Å². The Balaban J connectivity index is 1.62. The molecule has 35 heavy (non-hydrogen) atoms. The van der Waals surface area contributed by atoms with Gasteiger partial charge in [-0.3, -0.25) is 4.79 Å². The van der Waals surface area contributed by atoms with Crippen molar-refractivity contribution in [3.63, 3.8) is 0 Å². The van der Waals surface area contributed by atoms with E-state index in [1.807, 2.05) is 57.2 Å². The number of rotatable bonds is 10. The Morgan fingerprint density at radius 2 is 1.57 bits per heavy atom. The van der Waals surface area contributed by atoms with Crippen LogP contribution in [-0.2, 0) is 19.1 Å². The Kier molecular flexibility index (Phi) is 8.51. The number of carbonyl (C=O) groups is 3. The third-order valence-electron chi connectivity index (χ3n) is 6.03. The maximum Gasteiger partial charge on any atom is 0.407 e. The second-order valence-electron chi connectivity index (χ2n) is 9.93. The Hall–Kier alpha value is -3.39. The first-order valence-corrected chi connectivity index (χ1v) is 11.8. The van der Waals surface area contributed by atoms with Crippen LogP contribution in [0.15, 0.2) is 48.5 Å². The van der Waals surface area contributed by atoms with Crippen molar-refractivity contribution < 1.29 is 29.0 Å². The fourth-order valence-corrected chi connectivity index (χ4v) is 4.40. The molecule has 0 heterocycles. The number of benzene rings is 2. The number of carboxylic acid groups (broad SMARTS) is 1. The molecule has 0 fully saturated rings. The van der Waals surface area contributed by atoms with Crippen molar-refractivity contribution in [1.82, 2.24) is 10.6 Å². The Labute approximate surface area is 206 Å². The Bertz CT molecular complexity index is 1020. The average Bonchev–Trinajstić information content (AvgIpc) is 3.12. The predicted molar refractivity (Wildman–Crippen MR) is 132 cm³/mol. The van der Waals surface area contributed by atoms with Crippen LogP contribution in [0.1, 0.15) is 50.7 Å². The zero-order valence-electron chi connectivity index (χ0n) is 20.7. The number of methoxy groups -OCH3 is 1. The molecule has 2 atom stereocenters. The van der Waals surface area contributed by atoms with E-state index in [2.05, 4.69) is 22.8 Å². The van der Waals surface area contributed by atoms with Crippen LogP contribution in [0.5, 0.6) is 0 Å². The Morgan fingerprint density at radius 3 is 2.09 bits per heavy atom. The molecular formula is C27H34N2O6. The smallest absolute Gasteiger partial charge is 0.407 e. The fraction of sp³-hybridized carbons (Fsp3) is 0.444. The number of alkyl carbamates (subject to hydrolysis) is 1. The van der Waals surface area contributed by atoms with E-state index < -0.39 is 30.1 Å². The van der Waals surface area contributed by atoms with Gasteiger partial charge in [-0.1, -0.05) is 69.3 Å². The van der Waals surface area contributed by atoms with Gasteiger partial charge in [0.05, 0.1) is 0 Å². The van der Waals surface area contributed by atoms with E-state index >= 15 is 0 Å². The third kappa shape index (κ3) is 6.82. The summed E-state index contributed by atoms with van der Waals surface area (Å²) in [5.41, 5.74) is 4.25. The van der Waals surface area contributed by atoms with Gasteiger partial charge in [-0.15, -0.1) is 0 Å². The van der Waals surface area contributed by atoms with Crippen LogP contribution in [-0.4, -0.2) is 55.5 Å². The summed E-state index contributed by atoms with van der Waals surface area (Å²) in [6.07, 6.45) is -1.18. The van der Waals surface area contributed by atoms with Gasteiger partial charge < -0.3 is 25.2 Å². The summed E-state index contributed by atoms with van der Waals surface area (Å²) in [6, 6.07) is 15.3. The lowest BCUT2D eigenvalue weighted by atomic mass is 9.88. The quantitative estimate of drug-likeness (QED) is 0.473. The molecule has 3 rings (SSSR count). The first-order chi connectivity index (χ1) is 16.6. The van der Waals surface area contributed by atoms with Crippen molar-refractivity contribution in [2.45, 2.75) is 51.7 Å². The third-order valence-corrected chi connectivity index (χ3v) is 6.03. The maximum absolute atomic E-state index is 12.8. The standard InChI is InChI=1S/C27H34N2O6/c1-27(2,3)15-22(24(30)28-14-13-23(34-4)25(31)32)29-26(33)35-16-21-19-11-7-5-9-17(19)18-10-6-8-12-20(18)21/h5-12,21-23H,13-16H2,1-4H3,(H,28,30)(H,29,33)(H,31,32). The van der Waals surface area contributed by atoms with Gasteiger partial charge >= 0.3 is 12.1 Å². The first kappa shape index (κ1) is 26.2. The van der Waals surface area contributed by atoms with Gasteiger partial charge in [0.1, 0.15) is 12.6 Å². The number of carbonyl (C=O) groups excluding carboxylic acids is 2. The van der Waals surface area contributed by atoms with Crippen LogP contribution in [0.2, 0.25) is 0 Å². The van der Waals surface area contributed by atoms with Crippen LogP contribution in [0, 0.1) is 5.41 Å². The van der Waals surface area contributed by atoms with Crippen LogP contribution in [0.3, 0.4) is 0 Å². The highest BCUT2D eigenvalue weighted by atomic mass is 16.5. The summed E-state index contributed by atoms with van der Waals surface area (Å²) in [7, 11) is 1.31. The summed E-state index contributed by atoms with van der Waals surface area (Å²) in [4.78, 5) is 36.6. The van der Waals surface area contributed by atoms with E-state index in [0.717, 1.165) is 22.3 Å². The van der Waals surface area contributed by atoms with Gasteiger partial charge in [0, 0.05) is 26.0 Å². The largest absolute Gasteiger partial charge is 0.479 e. The molecular weight excluding hydrogens is 448 g/mol. The summed E-state index contributed by atoms with van der Waals surface area (Å²) in [5.74, 6) is -1.57. The topological polar surface area (TPSA) is 114 Å². The molecule has 1 aliphatic carbocycles. The molecule has 1 aliphatic rings. The lowest BCUT2D eigenvalue weighted by molar-refractivity contribution is -0.149. The number of fused-ring (bicyclic) bond motifs is 3. The van der Waals surface area contributed by atoms with Crippen molar-refractivity contribution >= 4 is 18.0 Å². The lowest BCUT2D eigenvalue weighted by Gasteiger charge is -2.26. The van der Waals surface area contributed by atoms with Crippen molar-refractivity contribution in [1.29, 1.82) is 0 Å². The number of ether oxygens (including phenoxy) is 2. The summed E-state index contributed by atoms with van der Waals surface area (Å²) in [6.45, 7) is 6.17. The lowest BCUT2D eigenvalue weighted by Crippen LogP contribution is -2.49. The first-order valence-electron chi connectivity index (χ1n) is 11.8. The minimum absolute atomic E-state index is 0.0787. The zero-order chi connectivity index (χ0) is 25.6. The van der Waals surface area contributed by atoms with E-state index in [4.69, 9.17) is 14.6 Å². The van der Waals surface area contributed by atoms with Gasteiger partial charge in [0.2, 0.25) is 5.91 Å². The van der Waals surface area contributed by atoms with Gasteiger partial charge in [0.15, 0.2) is 6.10 Å². The number of aliphatic carboxylic acids is 1.